The van der Waals surface area contributed by atoms with Crippen molar-refractivity contribution in [2.45, 2.75) is 32.2 Å². The quantitative estimate of drug-likeness (QED) is 0.725. The van der Waals surface area contributed by atoms with E-state index < -0.39 is 0 Å². The smallest absolute Gasteiger partial charge is 0.321 e. The molecule has 0 radical (unpaired) electrons. The molecule has 3 aliphatic rings. The summed E-state index contributed by atoms with van der Waals surface area (Å²) in [5.74, 6) is -0.147. The number of hydrogen-bond donors (Lipinski definition) is 3. The first-order valence-electron chi connectivity index (χ1n) is 8.69. The van der Waals surface area contributed by atoms with E-state index in [0.29, 0.717) is 17.9 Å². The lowest BCUT2D eigenvalue weighted by atomic mass is 9.82. The molecule has 3 amide bonds. The Labute approximate surface area is 141 Å². The Morgan fingerprint density at radius 2 is 2.25 bits per heavy atom. The maximum Gasteiger partial charge on any atom is 0.321 e. The lowest BCUT2D eigenvalue weighted by molar-refractivity contribution is 0.0961. The average molecular weight is 329 g/mol. The molecule has 7 nitrogen and oxygen atoms in total. The van der Waals surface area contributed by atoms with Gasteiger partial charge < -0.3 is 20.9 Å². The summed E-state index contributed by atoms with van der Waals surface area (Å²) in [7, 11) is 0. The van der Waals surface area contributed by atoms with Crippen molar-refractivity contribution < 1.29 is 9.59 Å². The van der Waals surface area contributed by atoms with Crippen LogP contribution in [-0.2, 0) is 6.54 Å². The summed E-state index contributed by atoms with van der Waals surface area (Å²) in [4.78, 5) is 30.4. The van der Waals surface area contributed by atoms with Gasteiger partial charge in [-0.2, -0.15) is 0 Å². The van der Waals surface area contributed by atoms with Gasteiger partial charge >= 0.3 is 6.03 Å². The van der Waals surface area contributed by atoms with Crippen LogP contribution in [0.25, 0.3) is 0 Å². The number of carbonyl (C=O) groups excluding carboxylic acids is 2. The SMILES string of the molecule is O=C1NCc2cc(NC(=O)N3CCCCC4(CCNC4)C3)cnc21. The second-order valence-electron chi connectivity index (χ2n) is 7.15. The van der Waals surface area contributed by atoms with Crippen LogP contribution in [0.3, 0.4) is 0 Å². The van der Waals surface area contributed by atoms with E-state index >= 15 is 0 Å². The number of nitrogens with zero attached hydrogens (tertiary/aromatic N) is 2. The Kier molecular flexibility index (Phi) is 3.88. The van der Waals surface area contributed by atoms with Crippen molar-refractivity contribution in [1.82, 2.24) is 20.5 Å². The molecule has 1 unspecified atom stereocenters. The summed E-state index contributed by atoms with van der Waals surface area (Å²) in [5.41, 5.74) is 2.18. The van der Waals surface area contributed by atoms with Gasteiger partial charge in [0.15, 0.2) is 0 Å². The number of carbonyl (C=O) groups is 2. The molecule has 1 aromatic heterocycles. The van der Waals surface area contributed by atoms with Crippen LogP contribution in [0.5, 0.6) is 0 Å². The van der Waals surface area contributed by atoms with Gasteiger partial charge in [0.1, 0.15) is 5.69 Å². The Balaban J connectivity index is 1.46. The lowest BCUT2D eigenvalue weighted by Crippen LogP contribution is -2.43. The minimum atomic E-state index is -0.147. The number of urea groups is 1. The molecule has 1 aromatic rings. The number of aromatic nitrogens is 1. The maximum absolute atomic E-state index is 12.7. The highest BCUT2D eigenvalue weighted by atomic mass is 16.2. The van der Waals surface area contributed by atoms with E-state index in [-0.39, 0.29) is 17.4 Å². The predicted molar refractivity (Wildman–Crippen MR) is 89.8 cm³/mol. The van der Waals surface area contributed by atoms with E-state index in [4.69, 9.17) is 0 Å². The molecule has 0 bridgehead atoms. The Morgan fingerprint density at radius 1 is 1.33 bits per heavy atom. The van der Waals surface area contributed by atoms with Gasteiger partial charge in [0.2, 0.25) is 0 Å². The van der Waals surface area contributed by atoms with Crippen molar-refractivity contribution in [2.24, 2.45) is 5.41 Å². The van der Waals surface area contributed by atoms with Crippen molar-refractivity contribution >= 4 is 17.6 Å². The molecule has 3 aliphatic heterocycles. The first-order chi connectivity index (χ1) is 11.7. The largest absolute Gasteiger partial charge is 0.347 e. The highest BCUT2D eigenvalue weighted by Gasteiger charge is 2.38. The van der Waals surface area contributed by atoms with Crippen LogP contribution < -0.4 is 16.0 Å². The Bertz CT molecular complexity index is 669. The fraction of sp³-hybridized carbons (Fsp3) is 0.588. The monoisotopic (exact) mass is 329 g/mol. The zero-order chi connectivity index (χ0) is 16.6. The minimum Gasteiger partial charge on any atom is -0.347 e. The third-order valence-corrected chi connectivity index (χ3v) is 5.40. The van der Waals surface area contributed by atoms with Crippen molar-refractivity contribution in [3.63, 3.8) is 0 Å². The molecule has 3 N–H and O–H groups in total. The molecule has 0 aliphatic carbocycles. The highest BCUT2D eigenvalue weighted by Crippen LogP contribution is 2.35. The number of nitrogens with one attached hydrogen (secondary N) is 3. The normalized spacial score (nSPS) is 26.2. The van der Waals surface area contributed by atoms with Gasteiger partial charge in [-0.3, -0.25) is 4.79 Å². The van der Waals surface area contributed by atoms with Crippen molar-refractivity contribution in [3.8, 4) is 0 Å². The molecule has 24 heavy (non-hydrogen) atoms. The number of rotatable bonds is 1. The lowest BCUT2D eigenvalue weighted by Gasteiger charge is -2.32. The van der Waals surface area contributed by atoms with E-state index in [9.17, 15) is 9.59 Å². The van der Waals surface area contributed by atoms with Crippen LogP contribution in [-0.4, -0.2) is 48.0 Å². The molecule has 1 spiro atoms. The zero-order valence-corrected chi connectivity index (χ0v) is 13.7. The van der Waals surface area contributed by atoms with Crippen molar-refractivity contribution in [2.75, 3.05) is 31.5 Å². The van der Waals surface area contributed by atoms with Crippen LogP contribution in [0.4, 0.5) is 10.5 Å². The second kappa shape index (κ2) is 6.05. The maximum atomic E-state index is 12.7. The van der Waals surface area contributed by atoms with Crippen LogP contribution >= 0.6 is 0 Å². The molecule has 1 atom stereocenters. The third-order valence-electron chi connectivity index (χ3n) is 5.40. The van der Waals surface area contributed by atoms with E-state index in [0.717, 1.165) is 44.6 Å². The number of hydrogen-bond acceptors (Lipinski definition) is 4. The van der Waals surface area contributed by atoms with Crippen LogP contribution in [0.2, 0.25) is 0 Å². The van der Waals surface area contributed by atoms with Crippen LogP contribution in [0.15, 0.2) is 12.3 Å². The standard InChI is InChI=1S/C17H23N5O2/c23-15-14-12(8-20-15)7-13(9-19-14)21-16(24)22-6-2-1-3-17(11-22)4-5-18-10-17/h7,9,18H,1-6,8,10-11H2,(H,20,23)(H,21,24). The molecular weight excluding hydrogens is 306 g/mol. The van der Waals surface area contributed by atoms with Gasteiger partial charge in [0, 0.05) is 37.2 Å². The fourth-order valence-electron chi connectivity index (χ4n) is 4.06. The molecule has 4 heterocycles. The summed E-state index contributed by atoms with van der Waals surface area (Å²) >= 11 is 0. The summed E-state index contributed by atoms with van der Waals surface area (Å²) in [5, 5.41) is 9.14. The zero-order valence-electron chi connectivity index (χ0n) is 13.7. The molecular formula is C17H23N5O2. The molecule has 2 fully saturated rings. The van der Waals surface area contributed by atoms with Gasteiger partial charge in [0.25, 0.3) is 5.91 Å². The molecule has 4 rings (SSSR count). The van der Waals surface area contributed by atoms with E-state index in [2.05, 4.69) is 20.9 Å². The van der Waals surface area contributed by atoms with Gasteiger partial charge in [-0.15, -0.1) is 0 Å². The molecule has 0 aromatic carbocycles. The summed E-state index contributed by atoms with van der Waals surface area (Å²) in [6.45, 7) is 4.13. The van der Waals surface area contributed by atoms with E-state index in [1.54, 1.807) is 6.20 Å². The van der Waals surface area contributed by atoms with Gasteiger partial charge in [-0.25, -0.2) is 9.78 Å². The van der Waals surface area contributed by atoms with E-state index in [1.165, 1.54) is 12.8 Å². The first-order valence-corrected chi connectivity index (χ1v) is 8.69. The molecule has 0 saturated carbocycles. The van der Waals surface area contributed by atoms with Gasteiger partial charge in [0.05, 0.1) is 11.9 Å². The number of anilines is 1. The van der Waals surface area contributed by atoms with Crippen molar-refractivity contribution in [3.05, 3.63) is 23.5 Å². The minimum absolute atomic E-state index is 0.0674. The number of likely N-dealkylation sites (tertiary alicyclic amines) is 1. The van der Waals surface area contributed by atoms with Crippen LogP contribution in [0.1, 0.15) is 41.7 Å². The average Bonchev–Trinajstić information content (AvgIpc) is 3.10. The Morgan fingerprint density at radius 3 is 3.08 bits per heavy atom. The molecule has 2 saturated heterocycles. The number of amides is 3. The summed E-state index contributed by atoms with van der Waals surface area (Å²) < 4.78 is 0. The van der Waals surface area contributed by atoms with Gasteiger partial charge in [-0.1, -0.05) is 6.42 Å². The Hall–Kier alpha value is -2.15. The number of pyridine rings is 1. The second-order valence-corrected chi connectivity index (χ2v) is 7.15. The molecule has 7 heteroatoms. The van der Waals surface area contributed by atoms with Crippen LogP contribution in [0, 0.1) is 5.41 Å². The fourth-order valence-corrected chi connectivity index (χ4v) is 4.06. The molecule has 128 valence electrons. The summed E-state index contributed by atoms with van der Waals surface area (Å²) in [6.07, 6.45) is 6.13. The predicted octanol–water partition coefficient (Wildman–Crippen LogP) is 1.32. The topological polar surface area (TPSA) is 86.4 Å². The highest BCUT2D eigenvalue weighted by molar-refractivity contribution is 5.97. The van der Waals surface area contributed by atoms with Gasteiger partial charge in [-0.05, 0) is 31.9 Å². The first kappa shape index (κ1) is 15.4. The third kappa shape index (κ3) is 2.84. The summed E-state index contributed by atoms with van der Waals surface area (Å²) in [6, 6.07) is 1.77. The van der Waals surface area contributed by atoms with E-state index in [1.807, 2.05) is 11.0 Å². The number of fused-ring (bicyclic) bond motifs is 1. The van der Waals surface area contributed by atoms with Crippen molar-refractivity contribution in [1.29, 1.82) is 0 Å².